The van der Waals surface area contributed by atoms with Gasteiger partial charge < -0.3 is 16.0 Å². The molecule has 20 heavy (non-hydrogen) atoms. The highest BCUT2D eigenvalue weighted by Gasteiger charge is 2.14. The van der Waals surface area contributed by atoms with Crippen LogP contribution >= 0.6 is 11.3 Å². The van der Waals surface area contributed by atoms with E-state index in [0.29, 0.717) is 5.69 Å². The molecule has 0 aliphatic rings. The minimum Gasteiger partial charge on any atom is -0.376 e. The number of rotatable bonds is 4. The highest BCUT2D eigenvalue weighted by Crippen LogP contribution is 2.24. The quantitative estimate of drug-likeness (QED) is 0.907. The van der Waals surface area contributed by atoms with E-state index in [0.717, 1.165) is 16.4 Å². The van der Waals surface area contributed by atoms with Crippen LogP contribution in [-0.4, -0.2) is 25.0 Å². The van der Waals surface area contributed by atoms with Gasteiger partial charge in [0, 0.05) is 19.5 Å². The second-order valence-electron chi connectivity index (χ2n) is 4.73. The number of anilines is 2. The minimum atomic E-state index is -0.220. The maximum absolute atomic E-state index is 12.2. The first-order chi connectivity index (χ1) is 9.49. The third kappa shape index (κ3) is 3.15. The molecule has 1 amide bonds. The van der Waals surface area contributed by atoms with E-state index in [1.807, 2.05) is 50.2 Å². The van der Waals surface area contributed by atoms with Crippen LogP contribution in [0.1, 0.15) is 28.5 Å². The number of nitrogens with one attached hydrogen (secondary N) is 1. The van der Waals surface area contributed by atoms with Crippen LogP contribution in [0.3, 0.4) is 0 Å². The van der Waals surface area contributed by atoms with Crippen molar-refractivity contribution in [3.05, 3.63) is 40.3 Å². The molecule has 1 atom stereocenters. The van der Waals surface area contributed by atoms with Crippen molar-refractivity contribution in [1.29, 1.82) is 0 Å². The molecule has 1 heterocycles. The molecule has 0 radical (unpaired) electrons. The molecule has 0 aliphatic carbocycles. The van der Waals surface area contributed by atoms with E-state index in [9.17, 15) is 4.79 Å². The first-order valence-corrected chi connectivity index (χ1v) is 7.15. The number of nitrogens with zero attached hydrogens (tertiary/aromatic N) is 2. The van der Waals surface area contributed by atoms with E-state index in [1.165, 1.54) is 11.3 Å². The summed E-state index contributed by atoms with van der Waals surface area (Å²) in [6.07, 6.45) is 0. The van der Waals surface area contributed by atoms with Gasteiger partial charge in [0.25, 0.3) is 5.91 Å². The summed E-state index contributed by atoms with van der Waals surface area (Å²) < 4.78 is 0. The van der Waals surface area contributed by atoms with E-state index in [1.54, 1.807) is 5.38 Å². The maximum Gasteiger partial charge on any atom is 0.275 e. The number of nitrogens with two attached hydrogens (primary N) is 1. The molecule has 0 saturated heterocycles. The lowest BCUT2D eigenvalue weighted by atomic mass is 10.2. The van der Waals surface area contributed by atoms with Crippen molar-refractivity contribution < 1.29 is 4.79 Å². The molecule has 0 spiro atoms. The predicted molar refractivity (Wildman–Crippen MR) is 83.4 cm³/mol. The van der Waals surface area contributed by atoms with Crippen LogP contribution in [0.5, 0.6) is 0 Å². The summed E-state index contributed by atoms with van der Waals surface area (Å²) >= 11 is 1.40. The number of carbonyl (C=O) groups is 1. The Labute approximate surface area is 122 Å². The van der Waals surface area contributed by atoms with E-state index >= 15 is 0 Å². The van der Waals surface area contributed by atoms with E-state index in [2.05, 4.69) is 10.3 Å². The molecule has 106 valence electrons. The van der Waals surface area contributed by atoms with Crippen LogP contribution in [-0.2, 0) is 0 Å². The zero-order chi connectivity index (χ0) is 14.7. The van der Waals surface area contributed by atoms with Gasteiger partial charge in [-0.1, -0.05) is 12.1 Å². The van der Waals surface area contributed by atoms with E-state index < -0.39 is 0 Å². The van der Waals surface area contributed by atoms with Gasteiger partial charge in [-0.2, -0.15) is 0 Å². The lowest BCUT2D eigenvalue weighted by Gasteiger charge is -2.17. The van der Waals surface area contributed by atoms with Gasteiger partial charge in [-0.15, -0.1) is 11.3 Å². The van der Waals surface area contributed by atoms with Gasteiger partial charge in [-0.25, -0.2) is 4.98 Å². The molecule has 6 heteroatoms. The smallest absolute Gasteiger partial charge is 0.275 e. The Kier molecular flexibility index (Phi) is 4.36. The zero-order valence-corrected chi connectivity index (χ0v) is 12.6. The second-order valence-corrected chi connectivity index (χ2v) is 5.62. The summed E-state index contributed by atoms with van der Waals surface area (Å²) in [5, 5.41) is 5.37. The van der Waals surface area contributed by atoms with Gasteiger partial charge in [0.15, 0.2) is 0 Å². The van der Waals surface area contributed by atoms with Crippen molar-refractivity contribution in [3.8, 4) is 0 Å². The topological polar surface area (TPSA) is 71.2 Å². The second kappa shape index (κ2) is 6.02. The third-order valence-corrected chi connectivity index (χ3v) is 3.82. The van der Waals surface area contributed by atoms with Gasteiger partial charge in [-0.05, 0) is 19.1 Å². The van der Waals surface area contributed by atoms with Crippen molar-refractivity contribution in [2.24, 2.45) is 5.73 Å². The Hall–Kier alpha value is -1.92. The Morgan fingerprint density at radius 1 is 1.40 bits per heavy atom. The van der Waals surface area contributed by atoms with E-state index in [-0.39, 0.29) is 11.9 Å². The molecular formula is C14H18N4OS. The summed E-state index contributed by atoms with van der Waals surface area (Å²) in [7, 11) is 3.87. The normalized spacial score (nSPS) is 12.0. The molecule has 1 aromatic carbocycles. The monoisotopic (exact) mass is 290 g/mol. The van der Waals surface area contributed by atoms with Gasteiger partial charge >= 0.3 is 0 Å². The number of thiazole rings is 1. The number of aromatic nitrogens is 1. The summed E-state index contributed by atoms with van der Waals surface area (Å²) in [5.41, 5.74) is 7.86. The van der Waals surface area contributed by atoms with Crippen molar-refractivity contribution >= 4 is 28.6 Å². The molecule has 1 unspecified atom stereocenters. The lowest BCUT2D eigenvalue weighted by molar-refractivity contribution is 0.102. The maximum atomic E-state index is 12.2. The first-order valence-electron chi connectivity index (χ1n) is 6.27. The fourth-order valence-electron chi connectivity index (χ4n) is 1.76. The van der Waals surface area contributed by atoms with Crippen molar-refractivity contribution in [2.75, 3.05) is 24.3 Å². The van der Waals surface area contributed by atoms with Gasteiger partial charge in [0.05, 0.1) is 17.4 Å². The number of hydrogen-bond acceptors (Lipinski definition) is 5. The highest BCUT2D eigenvalue weighted by atomic mass is 32.1. The number of hydrogen-bond donors (Lipinski definition) is 2. The summed E-state index contributed by atoms with van der Waals surface area (Å²) in [6, 6.07) is 7.48. The van der Waals surface area contributed by atoms with Gasteiger partial charge in [0.2, 0.25) is 0 Å². The molecule has 0 saturated carbocycles. The molecule has 0 aliphatic heterocycles. The van der Waals surface area contributed by atoms with Crippen LogP contribution in [0.2, 0.25) is 0 Å². The average molecular weight is 290 g/mol. The lowest BCUT2D eigenvalue weighted by Crippen LogP contribution is -2.17. The highest BCUT2D eigenvalue weighted by molar-refractivity contribution is 7.09. The van der Waals surface area contributed by atoms with Crippen LogP contribution in [0.15, 0.2) is 29.6 Å². The number of para-hydroxylation sites is 2. The fourth-order valence-corrected chi connectivity index (χ4v) is 2.51. The van der Waals surface area contributed by atoms with Crippen LogP contribution in [0.25, 0.3) is 0 Å². The summed E-state index contributed by atoms with van der Waals surface area (Å²) in [4.78, 5) is 18.4. The Morgan fingerprint density at radius 2 is 2.10 bits per heavy atom. The Balaban J connectivity index is 2.19. The van der Waals surface area contributed by atoms with Crippen molar-refractivity contribution in [3.63, 3.8) is 0 Å². The van der Waals surface area contributed by atoms with E-state index in [4.69, 9.17) is 5.73 Å². The van der Waals surface area contributed by atoms with Crippen LogP contribution in [0, 0.1) is 0 Å². The fraction of sp³-hybridized carbons (Fsp3) is 0.286. The molecule has 3 N–H and O–H groups in total. The molecular weight excluding hydrogens is 272 g/mol. The Bertz CT molecular complexity index is 607. The van der Waals surface area contributed by atoms with Crippen LogP contribution < -0.4 is 16.0 Å². The van der Waals surface area contributed by atoms with Crippen LogP contribution in [0.4, 0.5) is 11.4 Å². The summed E-state index contributed by atoms with van der Waals surface area (Å²) in [6.45, 7) is 1.85. The largest absolute Gasteiger partial charge is 0.376 e. The van der Waals surface area contributed by atoms with Gasteiger partial charge in [-0.3, -0.25) is 4.79 Å². The molecule has 1 aromatic heterocycles. The SMILES string of the molecule is CC(N)c1nc(C(=O)Nc2ccccc2N(C)C)cs1. The van der Waals surface area contributed by atoms with Gasteiger partial charge in [0.1, 0.15) is 10.7 Å². The number of benzene rings is 1. The molecule has 0 bridgehead atoms. The van der Waals surface area contributed by atoms with Crippen molar-refractivity contribution in [2.45, 2.75) is 13.0 Å². The predicted octanol–water partition coefficient (Wildman–Crippen LogP) is 2.48. The molecule has 2 rings (SSSR count). The molecule has 5 nitrogen and oxygen atoms in total. The average Bonchev–Trinajstić information content (AvgIpc) is 2.89. The third-order valence-electron chi connectivity index (χ3n) is 2.78. The van der Waals surface area contributed by atoms with Crippen molar-refractivity contribution in [1.82, 2.24) is 4.98 Å². The molecule has 2 aromatic rings. The minimum absolute atomic E-state index is 0.157. The Morgan fingerprint density at radius 3 is 2.70 bits per heavy atom. The standard InChI is InChI=1S/C14H18N4OS/c1-9(15)14-17-11(8-20-14)13(19)16-10-6-4-5-7-12(10)18(2)3/h4-9H,15H2,1-3H3,(H,16,19). The zero-order valence-electron chi connectivity index (χ0n) is 11.8. The molecule has 0 fully saturated rings. The number of carbonyl (C=O) groups excluding carboxylic acids is 1. The summed E-state index contributed by atoms with van der Waals surface area (Å²) in [5.74, 6) is -0.220. The number of amides is 1. The first kappa shape index (κ1) is 14.5.